The molecule has 2 aliphatic rings. The average molecular weight is 615 g/mol. The first-order valence-corrected chi connectivity index (χ1v) is 14.6. The summed E-state index contributed by atoms with van der Waals surface area (Å²) in [6, 6.07) is 9.25. The molecule has 3 aromatic rings. The minimum Gasteiger partial charge on any atom is -0.465 e. The van der Waals surface area contributed by atoms with E-state index in [0.717, 1.165) is 43.6 Å². The Morgan fingerprint density at radius 2 is 1.64 bits per heavy atom. The highest BCUT2D eigenvalue weighted by Gasteiger charge is 2.23. The van der Waals surface area contributed by atoms with Gasteiger partial charge in [-0.3, -0.25) is 9.69 Å². The molecule has 42 heavy (non-hydrogen) atoms. The molecule has 2 fully saturated rings. The number of ether oxygens (including phenoxy) is 1. The van der Waals surface area contributed by atoms with Crippen molar-refractivity contribution < 1.29 is 19.4 Å². The predicted molar refractivity (Wildman–Crippen MR) is 160 cm³/mol. The zero-order valence-corrected chi connectivity index (χ0v) is 24.8. The molecule has 11 nitrogen and oxygen atoms in total. The number of benzene rings is 1. The van der Waals surface area contributed by atoms with Crippen molar-refractivity contribution in [2.75, 3.05) is 50.7 Å². The SMILES string of the molecule is CC(=O)NCC1CCN(Cc2cc(Oc3cnc(N4CCN(C(=O)O)CC4)nc3)nc(-c3cc(Cl)cc(Cl)c3)c2)CC1. The molecule has 0 saturated carbocycles. The maximum Gasteiger partial charge on any atom is 0.407 e. The molecule has 0 spiro atoms. The molecule has 0 atom stereocenters. The molecule has 0 radical (unpaired) electrons. The maximum atomic E-state index is 11.3. The molecule has 1 aromatic carbocycles. The lowest BCUT2D eigenvalue weighted by Gasteiger charge is -2.32. The first-order chi connectivity index (χ1) is 20.2. The fourth-order valence-corrected chi connectivity index (χ4v) is 5.72. The summed E-state index contributed by atoms with van der Waals surface area (Å²) in [7, 11) is 0. The van der Waals surface area contributed by atoms with Gasteiger partial charge in [0.15, 0.2) is 5.75 Å². The third kappa shape index (κ3) is 7.99. The van der Waals surface area contributed by atoms with Crippen LogP contribution >= 0.6 is 23.2 Å². The molecule has 13 heteroatoms. The van der Waals surface area contributed by atoms with Crippen molar-refractivity contribution in [1.29, 1.82) is 0 Å². The van der Waals surface area contributed by atoms with E-state index in [1.54, 1.807) is 25.4 Å². The Labute approximate surface area is 254 Å². The molecule has 2 aromatic heterocycles. The number of carbonyl (C=O) groups is 2. The number of amides is 2. The minimum atomic E-state index is -0.917. The Hall–Kier alpha value is -3.67. The van der Waals surface area contributed by atoms with E-state index in [4.69, 9.17) is 32.9 Å². The third-order valence-corrected chi connectivity index (χ3v) is 7.88. The fraction of sp³-hybridized carbons (Fsp3) is 0.414. The van der Waals surface area contributed by atoms with Crippen molar-refractivity contribution >= 4 is 41.2 Å². The number of nitrogens with one attached hydrogen (secondary N) is 1. The molecule has 222 valence electrons. The molecule has 0 aliphatic carbocycles. The van der Waals surface area contributed by atoms with Gasteiger partial charge in [0.1, 0.15) is 0 Å². The van der Waals surface area contributed by atoms with Crippen LogP contribution in [0.2, 0.25) is 10.0 Å². The molecule has 4 heterocycles. The number of carbonyl (C=O) groups excluding carboxylic acids is 1. The number of anilines is 1. The molecule has 2 aliphatic heterocycles. The number of likely N-dealkylation sites (tertiary alicyclic amines) is 1. The average Bonchev–Trinajstić information content (AvgIpc) is 2.96. The van der Waals surface area contributed by atoms with Gasteiger partial charge in [-0.15, -0.1) is 0 Å². The second-order valence-corrected chi connectivity index (χ2v) is 11.5. The zero-order valence-electron chi connectivity index (χ0n) is 23.3. The third-order valence-electron chi connectivity index (χ3n) is 7.44. The van der Waals surface area contributed by atoms with Gasteiger partial charge in [0.2, 0.25) is 17.7 Å². The Bertz CT molecular complexity index is 1390. The first kappa shape index (κ1) is 29.8. The van der Waals surface area contributed by atoms with E-state index in [0.29, 0.717) is 72.0 Å². The summed E-state index contributed by atoms with van der Waals surface area (Å²) in [4.78, 5) is 41.8. The van der Waals surface area contributed by atoms with Crippen LogP contribution in [-0.4, -0.2) is 87.7 Å². The molecule has 2 saturated heterocycles. The van der Waals surface area contributed by atoms with Crippen LogP contribution in [0, 0.1) is 5.92 Å². The van der Waals surface area contributed by atoms with Crippen molar-refractivity contribution in [3.8, 4) is 22.9 Å². The quantitative estimate of drug-likeness (QED) is 0.369. The number of nitrogens with zero attached hydrogens (tertiary/aromatic N) is 6. The highest BCUT2D eigenvalue weighted by molar-refractivity contribution is 6.35. The number of rotatable bonds is 8. The van der Waals surface area contributed by atoms with Gasteiger partial charge in [-0.05, 0) is 61.7 Å². The number of halogens is 2. The van der Waals surface area contributed by atoms with Crippen molar-refractivity contribution in [3.63, 3.8) is 0 Å². The highest BCUT2D eigenvalue weighted by atomic mass is 35.5. The van der Waals surface area contributed by atoms with Crippen molar-refractivity contribution in [3.05, 3.63) is 58.3 Å². The van der Waals surface area contributed by atoms with Crippen LogP contribution < -0.4 is 15.0 Å². The van der Waals surface area contributed by atoms with Crippen LogP contribution in [0.5, 0.6) is 11.6 Å². The van der Waals surface area contributed by atoms with Gasteiger partial charge < -0.3 is 25.0 Å². The van der Waals surface area contributed by atoms with Gasteiger partial charge in [-0.25, -0.2) is 19.7 Å². The normalized spacial score (nSPS) is 16.4. The van der Waals surface area contributed by atoms with Gasteiger partial charge >= 0.3 is 6.09 Å². The standard InChI is InChI=1S/C29H33Cl2N7O4/c1-19(39)32-15-20-2-4-36(5-3-20)18-21-10-26(22-12-23(30)14-24(31)13-22)35-27(11-21)42-25-16-33-28(34-17-25)37-6-8-38(9-7-37)29(40)41/h10-14,16-17,20H,2-9,15,18H2,1H3,(H,32,39)(H,40,41). The number of carboxylic acid groups (broad SMARTS) is 1. The smallest absolute Gasteiger partial charge is 0.407 e. The lowest BCUT2D eigenvalue weighted by Crippen LogP contribution is -2.48. The van der Waals surface area contributed by atoms with Crippen molar-refractivity contribution in [2.24, 2.45) is 5.92 Å². The number of hydrogen-bond acceptors (Lipinski definition) is 8. The van der Waals surface area contributed by atoms with Crippen LogP contribution in [0.25, 0.3) is 11.3 Å². The highest BCUT2D eigenvalue weighted by Crippen LogP contribution is 2.31. The molecule has 2 amide bonds. The first-order valence-electron chi connectivity index (χ1n) is 13.9. The largest absolute Gasteiger partial charge is 0.465 e. The second-order valence-electron chi connectivity index (χ2n) is 10.6. The summed E-state index contributed by atoms with van der Waals surface area (Å²) >= 11 is 12.6. The fourth-order valence-electron chi connectivity index (χ4n) is 5.19. The molecular formula is C29H33Cl2N7O4. The lowest BCUT2D eigenvalue weighted by atomic mass is 9.96. The zero-order chi connectivity index (χ0) is 29.6. The van der Waals surface area contributed by atoms with Gasteiger partial charge in [-0.1, -0.05) is 23.2 Å². The Kier molecular flexibility index (Phi) is 9.61. The monoisotopic (exact) mass is 613 g/mol. The Morgan fingerprint density at radius 3 is 2.26 bits per heavy atom. The number of piperazine rings is 1. The van der Waals surface area contributed by atoms with Gasteiger partial charge in [0.05, 0.1) is 18.1 Å². The van der Waals surface area contributed by atoms with E-state index in [1.165, 1.54) is 4.90 Å². The minimum absolute atomic E-state index is 0.00834. The van der Waals surface area contributed by atoms with E-state index in [2.05, 4.69) is 20.2 Å². The number of piperidine rings is 1. The van der Waals surface area contributed by atoms with Crippen LogP contribution in [0.1, 0.15) is 25.3 Å². The number of pyridine rings is 1. The van der Waals surface area contributed by atoms with Crippen LogP contribution in [0.3, 0.4) is 0 Å². The summed E-state index contributed by atoms with van der Waals surface area (Å²) in [5.41, 5.74) is 2.49. The molecule has 0 unspecified atom stereocenters. The van der Waals surface area contributed by atoms with Gasteiger partial charge in [-0.2, -0.15) is 0 Å². The van der Waals surface area contributed by atoms with Crippen LogP contribution in [-0.2, 0) is 11.3 Å². The van der Waals surface area contributed by atoms with E-state index in [9.17, 15) is 14.7 Å². The van der Waals surface area contributed by atoms with Crippen molar-refractivity contribution in [2.45, 2.75) is 26.3 Å². The maximum absolute atomic E-state index is 11.3. The summed E-state index contributed by atoms with van der Waals surface area (Å²) in [6.07, 6.45) is 4.30. The van der Waals surface area contributed by atoms with E-state index < -0.39 is 6.09 Å². The van der Waals surface area contributed by atoms with E-state index in [-0.39, 0.29) is 5.91 Å². The van der Waals surface area contributed by atoms with E-state index >= 15 is 0 Å². The van der Waals surface area contributed by atoms with Gasteiger partial charge in [0.25, 0.3) is 0 Å². The predicted octanol–water partition coefficient (Wildman–Crippen LogP) is 4.79. The number of hydrogen-bond donors (Lipinski definition) is 2. The Balaban J connectivity index is 1.31. The lowest BCUT2D eigenvalue weighted by molar-refractivity contribution is -0.119. The summed E-state index contributed by atoms with van der Waals surface area (Å²) in [5, 5.41) is 13.1. The van der Waals surface area contributed by atoms with E-state index in [1.807, 2.05) is 29.2 Å². The molecule has 2 N–H and O–H groups in total. The second kappa shape index (κ2) is 13.5. The van der Waals surface area contributed by atoms with Crippen molar-refractivity contribution in [1.82, 2.24) is 30.1 Å². The summed E-state index contributed by atoms with van der Waals surface area (Å²) < 4.78 is 6.13. The summed E-state index contributed by atoms with van der Waals surface area (Å²) in [6.45, 7) is 6.68. The Morgan fingerprint density at radius 1 is 0.976 bits per heavy atom. The summed E-state index contributed by atoms with van der Waals surface area (Å²) in [5.74, 6) is 1.83. The van der Waals surface area contributed by atoms with Crippen LogP contribution in [0.15, 0.2) is 42.7 Å². The number of aromatic nitrogens is 3. The topological polar surface area (TPSA) is 124 Å². The molecular weight excluding hydrogens is 581 g/mol. The van der Waals surface area contributed by atoms with Gasteiger partial charge in [0, 0.05) is 67.9 Å². The van der Waals surface area contributed by atoms with Crippen LogP contribution in [0.4, 0.5) is 10.7 Å². The molecule has 0 bridgehead atoms. The molecule has 5 rings (SSSR count).